The molecule has 4 nitrogen and oxygen atoms in total. The highest BCUT2D eigenvalue weighted by molar-refractivity contribution is 7.93. The van der Waals surface area contributed by atoms with Crippen LogP contribution in [0.25, 0.3) is 10.4 Å². The molecule has 6 heteroatoms. The van der Waals surface area contributed by atoms with Crippen molar-refractivity contribution in [1.82, 2.24) is 4.98 Å². The fraction of sp³-hybridized carbons (Fsp3) is 0.0625. The summed E-state index contributed by atoms with van der Waals surface area (Å²) in [5, 5.41) is 0.361. The van der Waals surface area contributed by atoms with Crippen LogP contribution in [0.5, 0.6) is 0 Å². The van der Waals surface area contributed by atoms with Crippen LogP contribution in [0.1, 0.15) is 5.56 Å². The van der Waals surface area contributed by atoms with Crippen molar-refractivity contribution in [2.45, 2.75) is 11.8 Å². The zero-order chi connectivity index (χ0) is 15.6. The molecule has 22 heavy (non-hydrogen) atoms. The van der Waals surface area contributed by atoms with Crippen molar-refractivity contribution < 1.29 is 8.42 Å². The van der Waals surface area contributed by atoms with E-state index in [0.717, 1.165) is 16.0 Å². The van der Waals surface area contributed by atoms with E-state index in [4.69, 9.17) is 0 Å². The van der Waals surface area contributed by atoms with Crippen molar-refractivity contribution in [3.05, 3.63) is 66.4 Å². The standard InChI is InChI=1S/C16H14N2O2S2/c1-12-7-9-14(10-8-12)22(19,20)18-16-17-11-15(21-16)13-5-3-2-4-6-13/h2-11H,1H3,(H,17,18). The molecule has 1 heterocycles. The van der Waals surface area contributed by atoms with Gasteiger partial charge in [0, 0.05) is 6.20 Å². The van der Waals surface area contributed by atoms with E-state index in [2.05, 4.69) is 9.71 Å². The van der Waals surface area contributed by atoms with E-state index in [1.165, 1.54) is 11.3 Å². The number of hydrogen-bond acceptors (Lipinski definition) is 4. The highest BCUT2D eigenvalue weighted by atomic mass is 32.2. The summed E-state index contributed by atoms with van der Waals surface area (Å²) in [5.74, 6) is 0. The Morgan fingerprint density at radius 2 is 1.68 bits per heavy atom. The van der Waals surface area contributed by atoms with Crippen molar-refractivity contribution in [1.29, 1.82) is 0 Å². The van der Waals surface area contributed by atoms with Crippen molar-refractivity contribution in [3.63, 3.8) is 0 Å². The molecule has 0 atom stereocenters. The van der Waals surface area contributed by atoms with Gasteiger partial charge in [-0.1, -0.05) is 59.4 Å². The molecule has 0 amide bonds. The fourth-order valence-corrected chi connectivity index (χ4v) is 4.01. The Labute approximate surface area is 133 Å². The molecule has 0 aliphatic heterocycles. The lowest BCUT2D eigenvalue weighted by atomic mass is 10.2. The lowest BCUT2D eigenvalue weighted by molar-refractivity contribution is 0.601. The highest BCUT2D eigenvalue weighted by Crippen LogP contribution is 2.29. The third kappa shape index (κ3) is 3.18. The van der Waals surface area contributed by atoms with Crippen LogP contribution in [0.2, 0.25) is 0 Å². The summed E-state index contributed by atoms with van der Waals surface area (Å²) in [5.41, 5.74) is 2.03. The van der Waals surface area contributed by atoms with Crippen LogP contribution >= 0.6 is 11.3 Å². The van der Waals surface area contributed by atoms with E-state index >= 15 is 0 Å². The fourth-order valence-electron chi connectivity index (χ4n) is 1.95. The maximum Gasteiger partial charge on any atom is 0.263 e. The minimum absolute atomic E-state index is 0.231. The predicted octanol–water partition coefficient (Wildman–Crippen LogP) is 3.92. The van der Waals surface area contributed by atoms with Gasteiger partial charge in [-0.3, -0.25) is 4.72 Å². The highest BCUT2D eigenvalue weighted by Gasteiger charge is 2.16. The molecular formula is C16H14N2O2S2. The number of sulfonamides is 1. The molecule has 0 bridgehead atoms. The van der Waals surface area contributed by atoms with Crippen molar-refractivity contribution in [2.24, 2.45) is 0 Å². The Morgan fingerprint density at radius 3 is 2.36 bits per heavy atom. The van der Waals surface area contributed by atoms with Gasteiger partial charge in [-0.2, -0.15) is 0 Å². The Morgan fingerprint density at radius 1 is 1.00 bits per heavy atom. The minimum Gasteiger partial charge on any atom is -0.255 e. The molecule has 112 valence electrons. The first-order chi connectivity index (χ1) is 10.5. The smallest absolute Gasteiger partial charge is 0.255 e. The monoisotopic (exact) mass is 330 g/mol. The van der Waals surface area contributed by atoms with E-state index < -0.39 is 10.0 Å². The second-order valence-electron chi connectivity index (χ2n) is 4.81. The van der Waals surface area contributed by atoms with Crippen LogP contribution in [0.4, 0.5) is 5.13 Å². The van der Waals surface area contributed by atoms with Gasteiger partial charge in [0.25, 0.3) is 10.0 Å². The lowest BCUT2D eigenvalue weighted by Crippen LogP contribution is -2.12. The summed E-state index contributed by atoms with van der Waals surface area (Å²) in [4.78, 5) is 5.30. The molecule has 0 spiro atoms. The number of aryl methyl sites for hydroxylation is 1. The summed E-state index contributed by atoms with van der Waals surface area (Å²) < 4.78 is 27.2. The quantitative estimate of drug-likeness (QED) is 0.789. The zero-order valence-electron chi connectivity index (χ0n) is 11.9. The van der Waals surface area contributed by atoms with Gasteiger partial charge >= 0.3 is 0 Å². The van der Waals surface area contributed by atoms with Crippen LogP contribution in [0.15, 0.2) is 65.7 Å². The first-order valence-corrected chi connectivity index (χ1v) is 8.95. The normalized spacial score (nSPS) is 11.3. The van der Waals surface area contributed by atoms with Gasteiger partial charge in [-0.25, -0.2) is 13.4 Å². The summed E-state index contributed by atoms with van der Waals surface area (Å²) in [6.07, 6.45) is 1.67. The summed E-state index contributed by atoms with van der Waals surface area (Å²) in [6.45, 7) is 1.91. The van der Waals surface area contributed by atoms with Crippen LogP contribution in [-0.4, -0.2) is 13.4 Å². The zero-order valence-corrected chi connectivity index (χ0v) is 13.5. The molecule has 0 saturated carbocycles. The summed E-state index contributed by atoms with van der Waals surface area (Å²) in [7, 11) is -3.60. The second-order valence-corrected chi connectivity index (χ2v) is 7.53. The SMILES string of the molecule is Cc1ccc(S(=O)(=O)Nc2ncc(-c3ccccc3)s2)cc1. The van der Waals surface area contributed by atoms with Gasteiger partial charge in [0.2, 0.25) is 0 Å². The number of hydrogen-bond donors (Lipinski definition) is 1. The third-order valence-corrected chi connectivity index (χ3v) is 5.56. The van der Waals surface area contributed by atoms with Gasteiger partial charge in [-0.05, 0) is 24.6 Å². The van der Waals surface area contributed by atoms with Gasteiger partial charge in [0.05, 0.1) is 9.77 Å². The van der Waals surface area contributed by atoms with Crippen LogP contribution in [0.3, 0.4) is 0 Å². The predicted molar refractivity (Wildman–Crippen MR) is 89.5 cm³/mol. The van der Waals surface area contributed by atoms with Crippen LogP contribution < -0.4 is 4.72 Å². The van der Waals surface area contributed by atoms with E-state index in [0.29, 0.717) is 5.13 Å². The van der Waals surface area contributed by atoms with E-state index in [1.54, 1.807) is 30.5 Å². The molecule has 0 radical (unpaired) electrons. The molecular weight excluding hydrogens is 316 g/mol. The molecule has 0 aliphatic carbocycles. The van der Waals surface area contributed by atoms with E-state index in [9.17, 15) is 8.42 Å². The van der Waals surface area contributed by atoms with E-state index in [1.807, 2.05) is 37.3 Å². The first kappa shape index (κ1) is 14.7. The molecule has 0 fully saturated rings. The van der Waals surface area contributed by atoms with Crippen LogP contribution in [-0.2, 0) is 10.0 Å². The summed E-state index contributed by atoms with van der Waals surface area (Å²) >= 11 is 1.31. The maximum atomic E-state index is 12.3. The Kier molecular flexibility index (Phi) is 3.96. The second kappa shape index (κ2) is 5.90. The number of nitrogens with one attached hydrogen (secondary N) is 1. The Bertz CT molecular complexity index is 870. The average molecular weight is 330 g/mol. The van der Waals surface area contributed by atoms with Crippen LogP contribution in [0, 0.1) is 6.92 Å². The number of aromatic nitrogens is 1. The molecule has 0 aliphatic rings. The van der Waals surface area contributed by atoms with Gasteiger partial charge < -0.3 is 0 Å². The van der Waals surface area contributed by atoms with Crippen molar-refractivity contribution in [2.75, 3.05) is 4.72 Å². The maximum absolute atomic E-state index is 12.3. The lowest BCUT2D eigenvalue weighted by Gasteiger charge is -2.05. The number of rotatable bonds is 4. The minimum atomic E-state index is -3.60. The van der Waals surface area contributed by atoms with E-state index in [-0.39, 0.29) is 4.90 Å². The van der Waals surface area contributed by atoms with Crippen molar-refractivity contribution >= 4 is 26.5 Å². The Hall–Kier alpha value is -2.18. The number of nitrogens with zero attached hydrogens (tertiary/aromatic N) is 1. The summed E-state index contributed by atoms with van der Waals surface area (Å²) in [6, 6.07) is 16.4. The molecule has 3 rings (SSSR count). The van der Waals surface area contributed by atoms with Gasteiger partial charge in [0.1, 0.15) is 0 Å². The average Bonchev–Trinajstić information content (AvgIpc) is 2.96. The molecule has 0 saturated heterocycles. The van der Waals surface area contributed by atoms with Gasteiger partial charge in [-0.15, -0.1) is 0 Å². The Balaban J connectivity index is 1.84. The molecule has 2 aromatic carbocycles. The molecule has 1 aromatic heterocycles. The molecule has 1 N–H and O–H groups in total. The van der Waals surface area contributed by atoms with Gasteiger partial charge in [0.15, 0.2) is 5.13 Å². The topological polar surface area (TPSA) is 59.1 Å². The third-order valence-electron chi connectivity index (χ3n) is 3.12. The van der Waals surface area contributed by atoms with Crippen molar-refractivity contribution in [3.8, 4) is 10.4 Å². The molecule has 3 aromatic rings. The number of benzene rings is 2. The first-order valence-electron chi connectivity index (χ1n) is 6.65. The molecule has 0 unspecified atom stereocenters. The largest absolute Gasteiger partial charge is 0.263 e. The number of thiazole rings is 1. The number of anilines is 1.